The van der Waals surface area contributed by atoms with Gasteiger partial charge in [-0.2, -0.15) is 0 Å². The first kappa shape index (κ1) is 93.9. The van der Waals surface area contributed by atoms with E-state index < -0.39 is 22.0 Å². The van der Waals surface area contributed by atoms with Gasteiger partial charge in [-0.25, -0.2) is 0 Å². The Morgan fingerprint density at radius 1 is 0.422 bits per heavy atom. The van der Waals surface area contributed by atoms with Crippen molar-refractivity contribution in [2.75, 3.05) is 40.5 Å². The fraction of sp³-hybridized carbons (Fsp3) is 0.423. The number of methoxy groups -OCH3 is 2. The summed E-state index contributed by atoms with van der Waals surface area (Å²) < 4.78 is 28.3. The quantitative estimate of drug-likeness (QED) is 0.0155. The zero-order valence-electron chi connectivity index (χ0n) is 70.7. The fourth-order valence-electron chi connectivity index (χ4n) is 14.1. The summed E-state index contributed by atoms with van der Waals surface area (Å²) in [6.45, 7) is 25.9. The number of benzene rings is 8. The zero-order valence-corrected chi connectivity index (χ0v) is 70.7. The smallest absolute Gasteiger partial charge is 0.264 e. The lowest BCUT2D eigenvalue weighted by molar-refractivity contribution is -0.141. The molecule has 0 spiro atoms. The van der Waals surface area contributed by atoms with Gasteiger partial charge in [-0.3, -0.25) is 38.4 Å². The summed E-state index contributed by atoms with van der Waals surface area (Å²) in [6.07, 6.45) is 12.2. The summed E-state index contributed by atoms with van der Waals surface area (Å²) in [5.41, 5.74) is 6.81. The lowest BCUT2D eigenvalue weighted by Gasteiger charge is -2.39. The van der Waals surface area contributed by atoms with Gasteiger partial charge in [0.2, 0.25) is 0 Å². The Hall–Kier alpha value is -10.9. The Balaban J connectivity index is 0.000000246. The maximum Gasteiger partial charge on any atom is 0.264 e. The largest absolute Gasteiger partial charge is 0.508 e. The minimum absolute atomic E-state index is 0.00447. The van der Waals surface area contributed by atoms with Gasteiger partial charge in [0.15, 0.2) is 28.7 Å². The van der Waals surface area contributed by atoms with Crippen LogP contribution in [0.5, 0.6) is 46.0 Å². The first-order valence-electron chi connectivity index (χ1n) is 40.4. The highest BCUT2D eigenvalue weighted by molar-refractivity contribution is 6.02. The molecule has 2 amide bonds. The zero-order chi connectivity index (χ0) is 85.4. The molecule has 8 aromatic carbocycles. The van der Waals surface area contributed by atoms with Gasteiger partial charge < -0.3 is 54.7 Å². The van der Waals surface area contributed by atoms with E-state index in [1.807, 2.05) is 90.9 Å². The Bertz CT molecular complexity index is 4530. The molecule has 19 heteroatoms. The van der Waals surface area contributed by atoms with Crippen molar-refractivity contribution < 1.29 is 82.5 Å². The number of rotatable bonds is 38. The summed E-state index contributed by atoms with van der Waals surface area (Å²) in [4.78, 5) is 99.7. The van der Waals surface area contributed by atoms with Crippen LogP contribution in [0.2, 0.25) is 0 Å². The van der Waals surface area contributed by atoms with Gasteiger partial charge in [0.05, 0.1) is 33.4 Å². The average Bonchev–Trinajstić information content (AvgIpc) is 0.767. The van der Waals surface area contributed by atoms with E-state index in [2.05, 4.69) is 73.9 Å². The highest BCUT2D eigenvalue weighted by Crippen LogP contribution is 2.46. The molecule has 19 nitrogen and oxygen atoms in total. The number of amides is 2. The molecule has 8 aromatic rings. The number of aryl methyl sites for hydroxylation is 5. The van der Waals surface area contributed by atoms with Crippen molar-refractivity contribution in [3.05, 3.63) is 237 Å². The van der Waals surface area contributed by atoms with Crippen molar-refractivity contribution in [1.29, 1.82) is 0 Å². The van der Waals surface area contributed by atoms with E-state index in [9.17, 15) is 53.7 Å². The molecule has 0 bridgehead atoms. The number of hydrogen-bond acceptors (Lipinski definition) is 17. The minimum Gasteiger partial charge on any atom is -0.508 e. The fourth-order valence-corrected chi connectivity index (χ4v) is 14.1. The maximum atomic E-state index is 13.0. The minimum atomic E-state index is -1.11. The van der Waals surface area contributed by atoms with Gasteiger partial charge in [-0.05, 0) is 267 Å². The van der Waals surface area contributed by atoms with Gasteiger partial charge in [-0.1, -0.05) is 121 Å². The molecular weight excluding hydrogens is 1470 g/mol. The van der Waals surface area contributed by atoms with E-state index >= 15 is 0 Å². The van der Waals surface area contributed by atoms with Crippen LogP contribution >= 0.6 is 0 Å². The first-order chi connectivity index (χ1) is 55.1. The molecule has 1 fully saturated rings. The van der Waals surface area contributed by atoms with Crippen LogP contribution in [-0.4, -0.2) is 119 Å². The molecule has 0 heterocycles. The molecular formula is C97H122N2O17. The average molecular weight is 1590 g/mol. The number of Topliss-reactive ketones (excluding diaryl/α,β-unsaturated/α-hetero) is 6. The van der Waals surface area contributed by atoms with Gasteiger partial charge >= 0.3 is 0 Å². The van der Waals surface area contributed by atoms with Crippen molar-refractivity contribution in [1.82, 2.24) is 10.6 Å². The summed E-state index contributed by atoms with van der Waals surface area (Å²) >= 11 is 0. The Morgan fingerprint density at radius 3 is 1.40 bits per heavy atom. The van der Waals surface area contributed by atoms with Crippen LogP contribution in [0.3, 0.4) is 0 Å². The van der Waals surface area contributed by atoms with Crippen LogP contribution in [0, 0.1) is 45.4 Å². The Morgan fingerprint density at radius 2 is 0.905 bits per heavy atom. The van der Waals surface area contributed by atoms with Gasteiger partial charge in [0, 0.05) is 71.3 Å². The third-order valence-electron chi connectivity index (χ3n) is 22.4. The van der Waals surface area contributed by atoms with Crippen LogP contribution < -0.4 is 29.6 Å². The van der Waals surface area contributed by atoms with Gasteiger partial charge in [0.25, 0.3) is 11.8 Å². The second-order valence-electron chi connectivity index (χ2n) is 31.3. The van der Waals surface area contributed by atoms with Crippen molar-refractivity contribution in [2.45, 2.75) is 216 Å². The maximum absolute atomic E-state index is 13.0. The molecule has 1 aliphatic rings. The van der Waals surface area contributed by atoms with Crippen LogP contribution in [0.4, 0.5) is 0 Å². The number of phenols is 4. The molecule has 1 aliphatic carbocycles. The van der Waals surface area contributed by atoms with E-state index in [-0.39, 0.29) is 114 Å². The predicted octanol–water partition coefficient (Wildman–Crippen LogP) is 19.6. The van der Waals surface area contributed by atoms with Crippen LogP contribution in [0.25, 0.3) is 0 Å². The molecule has 116 heavy (non-hydrogen) atoms. The second-order valence-corrected chi connectivity index (χ2v) is 31.3. The SMILES string of the molecule is CCC(C)(OC)C(=O)NCC(=O)c1ccc(O)cc1.CCC(C)(Oc1ccc(C2(c3ccc(C)cc3)CCCCC2)cc1)C(=O)NCC(=O)c1ccc(O)cc1.CCC(CC)(CCCOc1cc(C)cc(C)c1)C(=O)CCC(=O)c1cccc(O)c1.COc1ccc(OCCCC(C)(C)C(=O)CCC(=O)c2ccc(O)c(C)c2)cc1C. The second kappa shape index (κ2) is 44.8. The monoisotopic (exact) mass is 1590 g/mol. The molecule has 0 aliphatic heterocycles. The molecule has 0 aromatic heterocycles. The van der Waals surface area contributed by atoms with Crippen molar-refractivity contribution in [3.63, 3.8) is 0 Å². The normalized spacial score (nSPS) is 13.3. The Kier molecular flexibility index (Phi) is 36.3. The Labute approximate surface area is 686 Å². The number of ether oxygens (including phenoxy) is 5. The van der Waals surface area contributed by atoms with Crippen molar-refractivity contribution >= 4 is 46.5 Å². The highest BCUT2D eigenvalue weighted by Gasteiger charge is 2.39. The molecule has 1 saturated carbocycles. The standard InChI is InChI=1S/C32H37NO4.C26H34O4.C25H32O5.C14H19NO4/c1-4-31(3,30(36)33-22-29(35)24-10-16-27(34)17-11-24)37-28-18-14-26(15-19-28)32(20-6-5-7-21-32)25-12-8-23(2)9-13-25;1-5-26(6-2,13-8-14-30-23-16-19(3)15-20(4)17-23)25(29)12-11-24(28)21-9-7-10-22(27)18-21;1-17-15-19(7-9-21(17)26)22(27)10-12-24(28)25(3,4)13-6-14-30-20-8-11-23(29-5)18(2)16-20;1-4-14(2,19-3)13(18)15-9-12(17)10-5-7-11(16)8-6-10/h8-19,34H,4-7,20-22H2,1-3H3,(H,33,36);7,9-10,15-18,27H,5-6,8,11-14H2,1-4H3;7-9,11,15-16,26H,6,10,12-14H2,1-5H3;5-8,16H,4,9H2,1-3H3,(H,15,18). The summed E-state index contributed by atoms with van der Waals surface area (Å²) in [5.74, 6) is 2.44. The topological polar surface area (TPSA) is 288 Å². The molecule has 2 atom stereocenters. The number of nitrogens with one attached hydrogen (secondary N) is 2. The molecule has 2 unspecified atom stereocenters. The molecule has 622 valence electrons. The number of carbonyl (C=O) groups is 8. The summed E-state index contributed by atoms with van der Waals surface area (Å²) in [6, 6.07) is 51.9. The summed E-state index contributed by atoms with van der Waals surface area (Å²) in [5, 5.41) is 43.0. The number of aromatic hydroxyl groups is 4. The van der Waals surface area contributed by atoms with Crippen LogP contribution in [0.1, 0.15) is 245 Å². The van der Waals surface area contributed by atoms with Crippen molar-refractivity contribution in [2.24, 2.45) is 10.8 Å². The van der Waals surface area contributed by atoms with Crippen LogP contribution in [-0.2, 0) is 29.3 Å². The van der Waals surface area contributed by atoms with E-state index in [0.29, 0.717) is 66.0 Å². The van der Waals surface area contributed by atoms with E-state index in [0.717, 1.165) is 67.8 Å². The molecule has 6 N–H and O–H groups in total. The third-order valence-corrected chi connectivity index (χ3v) is 22.4. The number of carbonyl (C=O) groups excluding carboxylic acids is 8. The van der Waals surface area contributed by atoms with Crippen molar-refractivity contribution in [3.8, 4) is 46.0 Å². The lowest BCUT2D eigenvalue weighted by Crippen LogP contribution is -2.49. The van der Waals surface area contributed by atoms with Crippen LogP contribution in [0.15, 0.2) is 176 Å². The van der Waals surface area contributed by atoms with Gasteiger partial charge in [0.1, 0.15) is 63.2 Å². The number of hydrogen-bond donors (Lipinski definition) is 6. The summed E-state index contributed by atoms with van der Waals surface area (Å²) in [7, 11) is 3.10. The number of phenolic OH excluding ortho intramolecular Hbond substituents is 4. The first-order valence-corrected chi connectivity index (χ1v) is 40.4. The predicted molar refractivity (Wildman–Crippen MR) is 455 cm³/mol. The van der Waals surface area contributed by atoms with Gasteiger partial charge in [-0.15, -0.1) is 0 Å². The van der Waals surface area contributed by atoms with E-state index in [1.165, 1.54) is 121 Å². The van der Waals surface area contributed by atoms with E-state index in [1.54, 1.807) is 52.1 Å². The third kappa shape index (κ3) is 27.7. The highest BCUT2D eigenvalue weighted by atomic mass is 16.5. The van der Waals surface area contributed by atoms with E-state index in [4.69, 9.17) is 28.8 Å². The molecule has 0 radical (unpaired) electrons. The lowest BCUT2D eigenvalue weighted by atomic mass is 9.65. The molecule has 9 rings (SSSR count). The number of ketones is 6. The molecule has 0 saturated heterocycles.